The fourth-order valence-corrected chi connectivity index (χ4v) is 2.70. The van der Waals surface area contributed by atoms with E-state index in [9.17, 15) is 4.79 Å². The molecular formula is C19H24ClN3O. The summed E-state index contributed by atoms with van der Waals surface area (Å²) in [6.45, 7) is 1.48. The highest BCUT2D eigenvalue weighted by Crippen LogP contribution is 2.19. The zero-order valence-electron chi connectivity index (χ0n) is 14.2. The van der Waals surface area contributed by atoms with Crippen LogP contribution in [0.4, 0.5) is 0 Å². The Morgan fingerprint density at radius 3 is 2.58 bits per heavy atom. The zero-order valence-corrected chi connectivity index (χ0v) is 15.0. The van der Waals surface area contributed by atoms with Gasteiger partial charge in [0, 0.05) is 42.3 Å². The number of benzene rings is 1. The van der Waals surface area contributed by atoms with Crippen molar-refractivity contribution >= 4 is 17.5 Å². The Labute approximate surface area is 148 Å². The number of carbonyl (C=O) groups is 1. The van der Waals surface area contributed by atoms with Gasteiger partial charge < -0.3 is 10.2 Å². The largest absolute Gasteiger partial charge is 0.355 e. The summed E-state index contributed by atoms with van der Waals surface area (Å²) in [6.07, 6.45) is 2.86. The highest BCUT2D eigenvalue weighted by molar-refractivity contribution is 6.30. The lowest BCUT2D eigenvalue weighted by Gasteiger charge is -2.22. The molecule has 1 atom stereocenters. The van der Waals surface area contributed by atoms with Gasteiger partial charge in [-0.2, -0.15) is 0 Å². The molecule has 0 aliphatic carbocycles. The van der Waals surface area contributed by atoms with Crippen molar-refractivity contribution < 1.29 is 4.79 Å². The molecule has 4 nitrogen and oxygen atoms in total. The lowest BCUT2D eigenvalue weighted by atomic mass is 9.98. The molecule has 0 saturated carbocycles. The van der Waals surface area contributed by atoms with Crippen molar-refractivity contribution in [1.29, 1.82) is 0 Å². The molecule has 0 unspecified atom stereocenters. The van der Waals surface area contributed by atoms with Gasteiger partial charge in [-0.3, -0.25) is 9.78 Å². The molecule has 0 radical (unpaired) electrons. The van der Waals surface area contributed by atoms with Gasteiger partial charge in [0.2, 0.25) is 5.91 Å². The summed E-state index contributed by atoms with van der Waals surface area (Å²) in [6, 6.07) is 13.6. The molecule has 0 fully saturated rings. The van der Waals surface area contributed by atoms with Crippen molar-refractivity contribution in [1.82, 2.24) is 15.2 Å². The maximum absolute atomic E-state index is 12.1. The fraction of sp³-hybridized carbons (Fsp3) is 0.368. The molecule has 1 N–H and O–H groups in total. The minimum atomic E-state index is 0.0540. The third-order valence-electron chi connectivity index (χ3n) is 3.81. The molecule has 24 heavy (non-hydrogen) atoms. The molecule has 1 heterocycles. The van der Waals surface area contributed by atoms with Crippen molar-refractivity contribution in [2.75, 3.05) is 27.2 Å². The van der Waals surface area contributed by atoms with E-state index in [-0.39, 0.29) is 11.8 Å². The van der Waals surface area contributed by atoms with Gasteiger partial charge in [0.1, 0.15) is 0 Å². The molecule has 0 bridgehead atoms. The third-order valence-corrected chi connectivity index (χ3v) is 4.06. The van der Waals surface area contributed by atoms with Crippen LogP contribution >= 0.6 is 11.6 Å². The number of carbonyl (C=O) groups excluding carboxylic acids is 1. The zero-order chi connectivity index (χ0) is 17.4. The van der Waals surface area contributed by atoms with Crippen LogP contribution in [0.1, 0.15) is 23.6 Å². The first-order chi connectivity index (χ1) is 11.5. The number of nitrogens with one attached hydrogen (secondary N) is 1. The SMILES string of the molecule is CN(C)C[C@@H](CNC(=O)CCc1ccccn1)c1ccc(Cl)cc1. The first-order valence-corrected chi connectivity index (χ1v) is 8.49. The number of amides is 1. The number of hydrogen-bond donors (Lipinski definition) is 1. The van der Waals surface area contributed by atoms with Crippen LogP contribution < -0.4 is 5.32 Å². The van der Waals surface area contributed by atoms with Crippen LogP contribution in [0.3, 0.4) is 0 Å². The van der Waals surface area contributed by atoms with E-state index in [1.54, 1.807) is 6.20 Å². The predicted molar refractivity (Wildman–Crippen MR) is 98.3 cm³/mol. The molecular weight excluding hydrogens is 322 g/mol. The normalized spacial score (nSPS) is 12.2. The average molecular weight is 346 g/mol. The number of hydrogen-bond acceptors (Lipinski definition) is 3. The van der Waals surface area contributed by atoms with Crippen LogP contribution in [0, 0.1) is 0 Å². The number of halogens is 1. The number of pyridine rings is 1. The first kappa shape index (κ1) is 18.4. The summed E-state index contributed by atoms with van der Waals surface area (Å²) in [5.74, 6) is 0.287. The maximum Gasteiger partial charge on any atom is 0.220 e. The minimum absolute atomic E-state index is 0.0540. The molecule has 0 spiro atoms. The summed E-state index contributed by atoms with van der Waals surface area (Å²) in [7, 11) is 4.07. The van der Waals surface area contributed by atoms with Gasteiger partial charge in [-0.15, -0.1) is 0 Å². The Morgan fingerprint density at radius 1 is 1.21 bits per heavy atom. The molecule has 128 valence electrons. The summed E-state index contributed by atoms with van der Waals surface area (Å²) in [4.78, 5) is 18.5. The highest BCUT2D eigenvalue weighted by Gasteiger charge is 2.14. The minimum Gasteiger partial charge on any atom is -0.355 e. The Kier molecular flexibility index (Phi) is 7.22. The average Bonchev–Trinajstić information content (AvgIpc) is 2.58. The van der Waals surface area contributed by atoms with E-state index in [0.717, 1.165) is 17.3 Å². The van der Waals surface area contributed by atoms with Gasteiger partial charge in [0.15, 0.2) is 0 Å². The monoisotopic (exact) mass is 345 g/mol. The number of likely N-dealkylation sites (N-methyl/N-ethyl adjacent to an activating group) is 1. The summed E-state index contributed by atoms with van der Waals surface area (Å²) in [5, 5.41) is 3.77. The van der Waals surface area contributed by atoms with Gasteiger partial charge >= 0.3 is 0 Å². The first-order valence-electron chi connectivity index (χ1n) is 8.11. The van der Waals surface area contributed by atoms with E-state index in [2.05, 4.69) is 15.2 Å². The molecule has 2 rings (SSSR count). The molecule has 5 heteroatoms. The van der Waals surface area contributed by atoms with Crippen LogP contribution in [0.25, 0.3) is 0 Å². The van der Waals surface area contributed by atoms with E-state index in [1.807, 2.05) is 56.6 Å². The maximum atomic E-state index is 12.1. The van der Waals surface area contributed by atoms with Crippen LogP contribution in [-0.4, -0.2) is 43.0 Å². The van der Waals surface area contributed by atoms with Gasteiger partial charge in [0.05, 0.1) is 0 Å². The topological polar surface area (TPSA) is 45.2 Å². The molecule has 1 aromatic carbocycles. The quantitative estimate of drug-likeness (QED) is 0.799. The smallest absolute Gasteiger partial charge is 0.220 e. The van der Waals surface area contributed by atoms with E-state index in [0.29, 0.717) is 19.4 Å². The Balaban J connectivity index is 1.87. The molecule has 0 saturated heterocycles. The van der Waals surface area contributed by atoms with Gasteiger partial charge in [0.25, 0.3) is 0 Å². The summed E-state index contributed by atoms with van der Waals surface area (Å²) >= 11 is 5.96. The number of rotatable bonds is 8. The Morgan fingerprint density at radius 2 is 1.96 bits per heavy atom. The number of aryl methyl sites for hydroxylation is 1. The lowest BCUT2D eigenvalue weighted by molar-refractivity contribution is -0.121. The number of nitrogens with zero attached hydrogens (tertiary/aromatic N) is 2. The van der Waals surface area contributed by atoms with Crippen molar-refractivity contribution in [2.45, 2.75) is 18.8 Å². The molecule has 1 aromatic heterocycles. The predicted octanol–water partition coefficient (Wildman–Crippen LogP) is 3.13. The Hall–Kier alpha value is -1.91. The van der Waals surface area contributed by atoms with Gasteiger partial charge in [-0.25, -0.2) is 0 Å². The van der Waals surface area contributed by atoms with Crippen LogP contribution in [0.2, 0.25) is 5.02 Å². The van der Waals surface area contributed by atoms with Crippen molar-refractivity contribution in [3.05, 3.63) is 64.9 Å². The standard InChI is InChI=1S/C19H24ClN3O/c1-23(2)14-16(15-6-8-17(20)9-7-15)13-22-19(24)11-10-18-5-3-4-12-21-18/h3-9,12,16H,10-11,13-14H2,1-2H3,(H,22,24)/t16-/m1/s1. The molecule has 1 amide bonds. The van der Waals surface area contributed by atoms with Crippen molar-refractivity contribution in [3.8, 4) is 0 Å². The highest BCUT2D eigenvalue weighted by atomic mass is 35.5. The van der Waals surface area contributed by atoms with Crippen LogP contribution in [-0.2, 0) is 11.2 Å². The Bertz CT molecular complexity index is 629. The number of aromatic nitrogens is 1. The van der Waals surface area contributed by atoms with Crippen molar-refractivity contribution in [2.24, 2.45) is 0 Å². The van der Waals surface area contributed by atoms with Gasteiger partial charge in [-0.1, -0.05) is 29.8 Å². The van der Waals surface area contributed by atoms with E-state index in [4.69, 9.17) is 11.6 Å². The molecule has 2 aromatic rings. The fourth-order valence-electron chi connectivity index (χ4n) is 2.58. The van der Waals surface area contributed by atoms with E-state index >= 15 is 0 Å². The molecule has 0 aliphatic heterocycles. The molecule has 0 aliphatic rings. The van der Waals surface area contributed by atoms with Gasteiger partial charge in [-0.05, 0) is 50.3 Å². The van der Waals surface area contributed by atoms with E-state index in [1.165, 1.54) is 5.56 Å². The third kappa shape index (κ3) is 6.30. The second-order valence-corrected chi connectivity index (χ2v) is 6.57. The van der Waals surface area contributed by atoms with E-state index < -0.39 is 0 Å². The second-order valence-electron chi connectivity index (χ2n) is 6.14. The lowest BCUT2D eigenvalue weighted by Crippen LogP contribution is -2.33. The summed E-state index contributed by atoms with van der Waals surface area (Å²) < 4.78 is 0. The van der Waals surface area contributed by atoms with Crippen molar-refractivity contribution in [3.63, 3.8) is 0 Å². The summed E-state index contributed by atoms with van der Waals surface area (Å²) in [5.41, 5.74) is 2.12. The second kappa shape index (κ2) is 9.40. The van der Waals surface area contributed by atoms with Crippen LogP contribution in [0.5, 0.6) is 0 Å². The van der Waals surface area contributed by atoms with Crippen LogP contribution in [0.15, 0.2) is 48.7 Å².